The van der Waals surface area contributed by atoms with Gasteiger partial charge in [0.1, 0.15) is 0 Å². The van der Waals surface area contributed by atoms with E-state index in [2.05, 4.69) is 61.8 Å². The van der Waals surface area contributed by atoms with E-state index in [1.807, 2.05) is 6.20 Å². The molecule has 0 atom stereocenters. The summed E-state index contributed by atoms with van der Waals surface area (Å²) in [6.07, 6.45) is 1.97. The van der Waals surface area contributed by atoms with Crippen LogP contribution in [0.5, 0.6) is 0 Å². The molecule has 0 amide bonds. The van der Waals surface area contributed by atoms with Crippen molar-refractivity contribution in [3.8, 4) is 0 Å². The lowest BCUT2D eigenvalue weighted by Crippen LogP contribution is -2.58. The Morgan fingerprint density at radius 2 is 2.05 bits per heavy atom. The summed E-state index contributed by atoms with van der Waals surface area (Å²) in [6, 6.07) is 0.475. The zero-order valence-corrected chi connectivity index (χ0v) is 14.3. The molecule has 0 unspecified atom stereocenters. The van der Waals surface area contributed by atoms with Crippen molar-refractivity contribution in [3.05, 3.63) is 17.5 Å². The third-order valence-corrected chi connectivity index (χ3v) is 4.37. The molecule has 21 heavy (non-hydrogen) atoms. The molecule has 0 spiro atoms. The fourth-order valence-electron chi connectivity index (χ4n) is 2.53. The van der Waals surface area contributed by atoms with E-state index in [4.69, 9.17) is 4.98 Å². The first kappa shape index (κ1) is 16.2. The highest BCUT2D eigenvalue weighted by Gasteiger charge is 2.32. The Labute approximate surface area is 128 Å². The molecule has 118 valence electrons. The second kappa shape index (κ2) is 6.28. The van der Waals surface area contributed by atoms with E-state index < -0.39 is 0 Å². The SMILES string of the molecule is Cc1nc(N2CCN(C)C(C)(C)C2)ncc1CNC(C)C. The Bertz CT molecular complexity index is 484. The van der Waals surface area contributed by atoms with E-state index in [0.717, 1.165) is 37.8 Å². The molecule has 2 heterocycles. The van der Waals surface area contributed by atoms with E-state index in [1.165, 1.54) is 5.56 Å². The van der Waals surface area contributed by atoms with Gasteiger partial charge in [-0.2, -0.15) is 0 Å². The van der Waals surface area contributed by atoms with Gasteiger partial charge in [-0.25, -0.2) is 9.97 Å². The maximum absolute atomic E-state index is 4.72. The number of piperazine rings is 1. The third kappa shape index (κ3) is 3.92. The van der Waals surface area contributed by atoms with Crippen LogP contribution in [-0.4, -0.2) is 53.1 Å². The van der Waals surface area contributed by atoms with Crippen LogP contribution in [0.15, 0.2) is 6.20 Å². The van der Waals surface area contributed by atoms with Crippen LogP contribution in [0.3, 0.4) is 0 Å². The van der Waals surface area contributed by atoms with Gasteiger partial charge in [0.05, 0.1) is 0 Å². The van der Waals surface area contributed by atoms with Crippen molar-refractivity contribution in [2.75, 3.05) is 31.6 Å². The molecule has 0 aliphatic carbocycles. The van der Waals surface area contributed by atoms with Crippen molar-refractivity contribution in [2.45, 2.75) is 52.7 Å². The lowest BCUT2D eigenvalue weighted by molar-refractivity contribution is 0.138. The van der Waals surface area contributed by atoms with Gasteiger partial charge in [-0.15, -0.1) is 0 Å². The van der Waals surface area contributed by atoms with Crippen LogP contribution >= 0.6 is 0 Å². The molecule has 2 rings (SSSR count). The average Bonchev–Trinajstić information content (AvgIpc) is 2.40. The largest absolute Gasteiger partial charge is 0.338 e. The summed E-state index contributed by atoms with van der Waals surface area (Å²) in [5.74, 6) is 0.863. The van der Waals surface area contributed by atoms with E-state index in [1.54, 1.807) is 0 Å². The number of anilines is 1. The van der Waals surface area contributed by atoms with Gasteiger partial charge in [0, 0.05) is 55.2 Å². The van der Waals surface area contributed by atoms with Gasteiger partial charge in [-0.05, 0) is 27.8 Å². The average molecular weight is 291 g/mol. The topological polar surface area (TPSA) is 44.3 Å². The third-order valence-electron chi connectivity index (χ3n) is 4.37. The summed E-state index contributed by atoms with van der Waals surface area (Å²) in [5.41, 5.74) is 2.42. The maximum atomic E-state index is 4.72. The minimum atomic E-state index is 0.160. The van der Waals surface area contributed by atoms with E-state index >= 15 is 0 Å². The number of rotatable bonds is 4. The molecular formula is C16H29N5. The molecule has 0 aromatic carbocycles. The van der Waals surface area contributed by atoms with E-state index in [9.17, 15) is 0 Å². The molecule has 1 aliphatic rings. The monoisotopic (exact) mass is 291 g/mol. The molecule has 0 bridgehead atoms. The Morgan fingerprint density at radius 1 is 1.33 bits per heavy atom. The second-order valence-electron chi connectivity index (χ2n) is 6.97. The lowest BCUT2D eigenvalue weighted by atomic mass is 10.00. The maximum Gasteiger partial charge on any atom is 0.225 e. The van der Waals surface area contributed by atoms with Gasteiger partial charge in [-0.3, -0.25) is 4.90 Å². The van der Waals surface area contributed by atoms with Gasteiger partial charge >= 0.3 is 0 Å². The summed E-state index contributed by atoms with van der Waals surface area (Å²) in [7, 11) is 2.18. The summed E-state index contributed by atoms with van der Waals surface area (Å²) >= 11 is 0. The molecule has 0 radical (unpaired) electrons. The van der Waals surface area contributed by atoms with Crippen LogP contribution in [0.1, 0.15) is 39.0 Å². The van der Waals surface area contributed by atoms with Crippen molar-refractivity contribution in [3.63, 3.8) is 0 Å². The highest BCUT2D eigenvalue weighted by atomic mass is 15.3. The molecule has 1 N–H and O–H groups in total. The first-order chi connectivity index (χ1) is 9.79. The second-order valence-corrected chi connectivity index (χ2v) is 6.97. The molecule has 1 aliphatic heterocycles. The van der Waals surface area contributed by atoms with Gasteiger partial charge < -0.3 is 10.2 Å². The van der Waals surface area contributed by atoms with Gasteiger partial charge in [0.25, 0.3) is 0 Å². The molecule has 5 nitrogen and oxygen atoms in total. The van der Waals surface area contributed by atoms with Gasteiger partial charge in [0.15, 0.2) is 0 Å². The van der Waals surface area contributed by atoms with Crippen LogP contribution in [0.2, 0.25) is 0 Å². The Morgan fingerprint density at radius 3 is 2.62 bits per heavy atom. The number of nitrogens with one attached hydrogen (secondary N) is 1. The Hall–Kier alpha value is -1.20. The molecule has 1 aromatic heterocycles. The minimum absolute atomic E-state index is 0.160. The highest BCUT2D eigenvalue weighted by molar-refractivity contribution is 5.34. The summed E-state index contributed by atoms with van der Waals surface area (Å²) in [4.78, 5) is 14.0. The quantitative estimate of drug-likeness (QED) is 0.916. The van der Waals surface area contributed by atoms with Crippen LogP contribution in [-0.2, 0) is 6.54 Å². The number of likely N-dealkylation sites (N-methyl/N-ethyl adjacent to an activating group) is 1. The molecule has 1 fully saturated rings. The molecule has 1 aromatic rings. The molecular weight excluding hydrogens is 262 g/mol. The smallest absolute Gasteiger partial charge is 0.225 e. The van der Waals surface area contributed by atoms with Crippen LogP contribution in [0.4, 0.5) is 5.95 Å². The zero-order valence-electron chi connectivity index (χ0n) is 14.3. The predicted molar refractivity (Wildman–Crippen MR) is 87.7 cm³/mol. The van der Waals surface area contributed by atoms with E-state index in [0.29, 0.717) is 6.04 Å². The molecule has 0 saturated carbocycles. The van der Waals surface area contributed by atoms with Crippen molar-refractivity contribution in [2.24, 2.45) is 0 Å². The Kier molecular flexibility index (Phi) is 4.84. The number of hydrogen-bond acceptors (Lipinski definition) is 5. The standard InChI is InChI=1S/C16H29N5/c1-12(2)17-9-14-10-18-15(19-13(14)3)21-8-7-20(6)16(4,5)11-21/h10,12,17H,7-9,11H2,1-6H3. The van der Waals surface area contributed by atoms with Crippen LogP contribution in [0, 0.1) is 6.92 Å². The minimum Gasteiger partial charge on any atom is -0.338 e. The molecule has 1 saturated heterocycles. The van der Waals surface area contributed by atoms with Crippen molar-refractivity contribution in [1.29, 1.82) is 0 Å². The normalized spacial score (nSPS) is 19.3. The van der Waals surface area contributed by atoms with Crippen molar-refractivity contribution < 1.29 is 0 Å². The summed E-state index contributed by atoms with van der Waals surface area (Å²) in [6.45, 7) is 14.7. The number of aromatic nitrogens is 2. The zero-order chi connectivity index (χ0) is 15.6. The number of hydrogen-bond donors (Lipinski definition) is 1. The number of nitrogens with zero attached hydrogens (tertiary/aromatic N) is 4. The lowest BCUT2D eigenvalue weighted by Gasteiger charge is -2.45. The van der Waals surface area contributed by atoms with Crippen LogP contribution in [0.25, 0.3) is 0 Å². The first-order valence-electron chi connectivity index (χ1n) is 7.81. The van der Waals surface area contributed by atoms with Gasteiger partial charge in [-0.1, -0.05) is 13.8 Å². The summed E-state index contributed by atoms with van der Waals surface area (Å²) < 4.78 is 0. The molecule has 5 heteroatoms. The Balaban J connectivity index is 2.09. The van der Waals surface area contributed by atoms with E-state index in [-0.39, 0.29) is 5.54 Å². The summed E-state index contributed by atoms with van der Waals surface area (Å²) in [5, 5.41) is 3.42. The number of aryl methyl sites for hydroxylation is 1. The van der Waals surface area contributed by atoms with Crippen molar-refractivity contribution in [1.82, 2.24) is 20.2 Å². The fraction of sp³-hybridized carbons (Fsp3) is 0.750. The highest BCUT2D eigenvalue weighted by Crippen LogP contribution is 2.22. The van der Waals surface area contributed by atoms with Gasteiger partial charge in [0.2, 0.25) is 5.95 Å². The predicted octanol–water partition coefficient (Wildman–Crippen LogP) is 1.81. The van der Waals surface area contributed by atoms with Crippen LogP contribution < -0.4 is 10.2 Å². The fourth-order valence-corrected chi connectivity index (χ4v) is 2.53. The van der Waals surface area contributed by atoms with Crippen molar-refractivity contribution >= 4 is 5.95 Å². The first-order valence-corrected chi connectivity index (χ1v) is 7.81.